The van der Waals surface area contributed by atoms with Gasteiger partial charge in [-0.2, -0.15) is 0 Å². The van der Waals surface area contributed by atoms with Crippen LogP contribution in [-0.4, -0.2) is 30.3 Å². The van der Waals surface area contributed by atoms with Crippen LogP contribution in [0.1, 0.15) is 56.8 Å². The molecule has 0 aliphatic heterocycles. The van der Waals surface area contributed by atoms with Crippen molar-refractivity contribution in [3.63, 3.8) is 0 Å². The Morgan fingerprint density at radius 1 is 0.636 bits per heavy atom. The molecule has 9 heteroatoms. The second-order valence-electron chi connectivity index (χ2n) is 5.98. The Morgan fingerprint density at radius 3 is 0.955 bits per heavy atom. The van der Waals surface area contributed by atoms with Crippen LogP contribution >= 0.6 is 15.2 Å². The predicted octanol–water partition coefficient (Wildman–Crippen LogP) is 2.15. The second kappa shape index (κ2) is 11.0. The molecule has 0 N–H and O–H groups in total. The van der Waals surface area contributed by atoms with E-state index in [0.717, 1.165) is 0 Å². The second-order valence-corrected chi connectivity index (χ2v) is 10.4. The molecule has 0 saturated heterocycles. The molecule has 0 aliphatic carbocycles. The number of hydrogen-bond donors (Lipinski definition) is 0. The van der Waals surface area contributed by atoms with E-state index in [1.807, 2.05) is 0 Å². The summed E-state index contributed by atoms with van der Waals surface area (Å²) < 4.78 is 47.3. The minimum atomic E-state index is -3.58. The van der Waals surface area contributed by atoms with Crippen LogP contribution in [0.25, 0.3) is 0 Å². The van der Waals surface area contributed by atoms with E-state index in [1.165, 1.54) is 0 Å². The SMILES string of the molecule is CC(C)OP(=O)(CP(=O)(OC(C)C)OC(C)C)OC(C)C.[H-].[Na+]. The van der Waals surface area contributed by atoms with Gasteiger partial charge >= 0.3 is 44.7 Å². The Hall–Kier alpha value is 1.30. The summed E-state index contributed by atoms with van der Waals surface area (Å²) >= 11 is 0. The van der Waals surface area contributed by atoms with Gasteiger partial charge in [-0.15, -0.1) is 0 Å². The molecule has 130 valence electrons. The summed E-state index contributed by atoms with van der Waals surface area (Å²) in [6, 6.07) is 0. The molecule has 0 atom stereocenters. The van der Waals surface area contributed by atoms with Gasteiger partial charge < -0.3 is 19.5 Å². The first-order valence-corrected chi connectivity index (χ1v) is 10.7. The Balaban J connectivity index is -0.00000200. The normalized spacial score (nSPS) is 13.3. The molecular formula is C13H31NaO6P2. The standard InChI is InChI=1S/C13H30O6P2.Na.H/c1-10(2)16-20(14,17-11(3)4)9-21(15,18-12(5)6)19-13(7)8;;/h10-13H,9H2,1-8H3;;/q;+1;-1. The van der Waals surface area contributed by atoms with Gasteiger partial charge in [0, 0.05) is 0 Å². The third kappa shape index (κ3) is 11.8. The maximum atomic E-state index is 12.8. The minimum Gasteiger partial charge on any atom is -1.00 e. The van der Waals surface area contributed by atoms with Crippen molar-refractivity contribution in [3.05, 3.63) is 0 Å². The van der Waals surface area contributed by atoms with Gasteiger partial charge in [-0.3, -0.25) is 9.13 Å². The summed E-state index contributed by atoms with van der Waals surface area (Å²) in [5.74, 6) is -0.382. The fourth-order valence-electron chi connectivity index (χ4n) is 1.68. The summed E-state index contributed by atoms with van der Waals surface area (Å²) in [6.07, 6.45) is -1.27. The van der Waals surface area contributed by atoms with Crippen molar-refractivity contribution >= 4 is 15.2 Å². The van der Waals surface area contributed by atoms with Gasteiger partial charge in [0.15, 0.2) is 5.90 Å². The van der Waals surface area contributed by atoms with Gasteiger partial charge in [0.05, 0.1) is 24.4 Å². The molecule has 0 fully saturated rings. The third-order valence-electron chi connectivity index (χ3n) is 1.83. The Morgan fingerprint density at radius 2 is 0.818 bits per heavy atom. The van der Waals surface area contributed by atoms with Crippen LogP contribution in [-0.2, 0) is 27.2 Å². The quantitative estimate of drug-likeness (QED) is 0.435. The summed E-state index contributed by atoms with van der Waals surface area (Å²) in [6.45, 7) is 14.0. The third-order valence-corrected chi connectivity index (χ3v) is 7.57. The van der Waals surface area contributed by atoms with Gasteiger partial charge in [0.2, 0.25) is 0 Å². The molecule has 0 bridgehead atoms. The molecule has 0 spiro atoms. The monoisotopic (exact) mass is 368 g/mol. The average Bonchev–Trinajstić information content (AvgIpc) is 2.07. The number of hydrogen-bond acceptors (Lipinski definition) is 6. The molecule has 0 aromatic carbocycles. The first-order chi connectivity index (χ1) is 9.37. The van der Waals surface area contributed by atoms with E-state index < -0.39 is 15.2 Å². The zero-order chi connectivity index (χ0) is 16.8. The number of rotatable bonds is 10. The van der Waals surface area contributed by atoms with Crippen molar-refractivity contribution in [3.8, 4) is 0 Å². The van der Waals surface area contributed by atoms with Crippen molar-refractivity contribution in [2.24, 2.45) is 0 Å². The maximum absolute atomic E-state index is 12.8. The average molecular weight is 368 g/mol. The maximum Gasteiger partial charge on any atom is 1.00 e. The van der Waals surface area contributed by atoms with E-state index >= 15 is 0 Å². The molecular weight excluding hydrogens is 337 g/mol. The van der Waals surface area contributed by atoms with E-state index in [2.05, 4.69) is 0 Å². The van der Waals surface area contributed by atoms with Crippen LogP contribution in [0.3, 0.4) is 0 Å². The van der Waals surface area contributed by atoms with Crippen molar-refractivity contribution < 1.29 is 58.2 Å². The molecule has 0 amide bonds. The van der Waals surface area contributed by atoms with Crippen molar-refractivity contribution in [1.82, 2.24) is 0 Å². The van der Waals surface area contributed by atoms with E-state index in [1.54, 1.807) is 55.4 Å². The Labute approximate surface area is 158 Å². The van der Waals surface area contributed by atoms with Crippen LogP contribution < -0.4 is 29.6 Å². The topological polar surface area (TPSA) is 71.1 Å². The first-order valence-electron chi connectivity index (χ1n) is 7.29. The molecule has 0 aliphatic rings. The van der Waals surface area contributed by atoms with Crippen molar-refractivity contribution in [2.45, 2.75) is 79.8 Å². The predicted molar refractivity (Wildman–Crippen MR) is 86.1 cm³/mol. The summed E-state index contributed by atoms with van der Waals surface area (Å²) in [5, 5.41) is 0. The largest absolute Gasteiger partial charge is 1.00 e. The summed E-state index contributed by atoms with van der Waals surface area (Å²) in [7, 11) is -7.16. The van der Waals surface area contributed by atoms with Crippen LogP contribution in [0.2, 0.25) is 0 Å². The molecule has 0 aromatic heterocycles. The minimum absolute atomic E-state index is 0. The molecule has 0 rings (SSSR count). The first kappa shape index (κ1) is 25.5. The smallest absolute Gasteiger partial charge is 1.00 e. The van der Waals surface area contributed by atoms with Crippen LogP contribution in [0, 0.1) is 0 Å². The molecule has 0 saturated carbocycles. The van der Waals surface area contributed by atoms with E-state index in [9.17, 15) is 9.13 Å². The van der Waals surface area contributed by atoms with Crippen LogP contribution in [0.4, 0.5) is 0 Å². The van der Waals surface area contributed by atoms with Crippen LogP contribution in [0.5, 0.6) is 0 Å². The summed E-state index contributed by atoms with van der Waals surface area (Å²) in [5.41, 5.74) is 0. The fraction of sp³-hybridized carbons (Fsp3) is 1.00. The Kier molecular flexibility index (Phi) is 12.8. The zero-order valence-corrected chi connectivity index (χ0v) is 19.1. The van der Waals surface area contributed by atoms with E-state index in [0.29, 0.717) is 0 Å². The van der Waals surface area contributed by atoms with E-state index in [4.69, 9.17) is 18.1 Å². The van der Waals surface area contributed by atoms with Gasteiger partial charge in [0.25, 0.3) is 0 Å². The van der Waals surface area contributed by atoms with Gasteiger partial charge in [0.1, 0.15) is 0 Å². The van der Waals surface area contributed by atoms with Gasteiger partial charge in [-0.1, -0.05) is 0 Å². The molecule has 6 nitrogen and oxygen atoms in total. The zero-order valence-electron chi connectivity index (χ0n) is 16.4. The molecule has 0 radical (unpaired) electrons. The molecule has 0 heterocycles. The molecule has 0 unspecified atom stereocenters. The van der Waals surface area contributed by atoms with Crippen molar-refractivity contribution in [1.29, 1.82) is 0 Å². The van der Waals surface area contributed by atoms with Gasteiger partial charge in [-0.05, 0) is 55.4 Å². The summed E-state index contributed by atoms with van der Waals surface area (Å²) in [4.78, 5) is 0. The van der Waals surface area contributed by atoms with Gasteiger partial charge in [-0.25, -0.2) is 0 Å². The van der Waals surface area contributed by atoms with E-state index in [-0.39, 0.29) is 61.3 Å². The molecule has 22 heavy (non-hydrogen) atoms. The Bertz CT molecular complexity index is 340. The fourth-order valence-corrected chi connectivity index (χ4v) is 7.11. The van der Waals surface area contributed by atoms with Crippen LogP contribution in [0.15, 0.2) is 0 Å². The van der Waals surface area contributed by atoms with Crippen molar-refractivity contribution in [2.75, 3.05) is 5.90 Å². The molecule has 0 aromatic rings.